The van der Waals surface area contributed by atoms with Crippen LogP contribution in [0.3, 0.4) is 0 Å². The van der Waals surface area contributed by atoms with Gasteiger partial charge in [-0.25, -0.2) is 0 Å². The molecule has 5 heteroatoms. The maximum Gasteiger partial charge on any atom is 0.262 e. The summed E-state index contributed by atoms with van der Waals surface area (Å²) in [6, 6.07) is 26.1. The summed E-state index contributed by atoms with van der Waals surface area (Å²) >= 11 is 0. The lowest BCUT2D eigenvalue weighted by Gasteiger charge is -2.09. The third kappa shape index (κ3) is 6.29. The normalized spacial score (nSPS) is 10.1. The van der Waals surface area contributed by atoms with Crippen LogP contribution in [0, 0.1) is 0 Å². The third-order valence-electron chi connectivity index (χ3n) is 4.05. The number of nitrogens with one attached hydrogen (secondary N) is 2. The Hall–Kier alpha value is -3.60. The molecule has 0 aliphatic rings. The Bertz CT molecular complexity index is 818. The van der Waals surface area contributed by atoms with E-state index in [1.165, 1.54) is 0 Å². The Labute approximate surface area is 164 Å². The number of ether oxygens (including phenoxy) is 1. The largest absolute Gasteiger partial charge is 0.484 e. The molecule has 28 heavy (non-hydrogen) atoms. The van der Waals surface area contributed by atoms with Gasteiger partial charge in [0.2, 0.25) is 5.91 Å². The van der Waals surface area contributed by atoms with E-state index in [2.05, 4.69) is 10.6 Å². The van der Waals surface area contributed by atoms with Crippen LogP contribution in [0.4, 0.5) is 11.4 Å². The predicted octanol–water partition coefficient (Wildman–Crippen LogP) is 4.28. The molecular formula is C23H22N2O3. The average Bonchev–Trinajstić information content (AvgIpc) is 2.74. The molecule has 0 aliphatic carbocycles. The van der Waals surface area contributed by atoms with Gasteiger partial charge in [0, 0.05) is 17.8 Å². The van der Waals surface area contributed by atoms with E-state index >= 15 is 0 Å². The van der Waals surface area contributed by atoms with Gasteiger partial charge in [0.15, 0.2) is 6.61 Å². The topological polar surface area (TPSA) is 67.4 Å². The van der Waals surface area contributed by atoms with E-state index in [1.807, 2.05) is 48.5 Å². The molecular weight excluding hydrogens is 352 g/mol. The van der Waals surface area contributed by atoms with Gasteiger partial charge >= 0.3 is 0 Å². The van der Waals surface area contributed by atoms with Crippen LogP contribution in [0.1, 0.15) is 12.0 Å². The number of anilines is 2. The number of benzene rings is 3. The SMILES string of the molecule is O=C(CCc1ccccc1)Nc1ccc(NC(=O)COc2ccccc2)cc1. The maximum absolute atomic E-state index is 12.1. The first-order valence-corrected chi connectivity index (χ1v) is 9.10. The van der Waals surface area contributed by atoms with E-state index in [4.69, 9.17) is 4.74 Å². The lowest BCUT2D eigenvalue weighted by atomic mass is 10.1. The summed E-state index contributed by atoms with van der Waals surface area (Å²) in [7, 11) is 0. The highest BCUT2D eigenvalue weighted by molar-refractivity contribution is 5.93. The molecule has 0 bridgehead atoms. The van der Waals surface area contributed by atoms with E-state index in [1.54, 1.807) is 36.4 Å². The Kier molecular flexibility index (Phi) is 6.79. The summed E-state index contributed by atoms with van der Waals surface area (Å²) < 4.78 is 5.41. The highest BCUT2D eigenvalue weighted by Gasteiger charge is 2.06. The van der Waals surface area contributed by atoms with E-state index in [0.29, 0.717) is 30.0 Å². The first-order chi connectivity index (χ1) is 13.7. The molecule has 3 rings (SSSR count). The van der Waals surface area contributed by atoms with Gasteiger partial charge in [-0.2, -0.15) is 0 Å². The molecule has 2 N–H and O–H groups in total. The minimum Gasteiger partial charge on any atom is -0.484 e. The second-order valence-electron chi connectivity index (χ2n) is 6.26. The van der Waals surface area contributed by atoms with Gasteiger partial charge in [-0.05, 0) is 48.4 Å². The van der Waals surface area contributed by atoms with Crippen LogP contribution in [0.2, 0.25) is 0 Å². The number of amides is 2. The Morgan fingerprint density at radius 1 is 0.679 bits per heavy atom. The van der Waals surface area contributed by atoms with Crippen molar-refractivity contribution in [1.29, 1.82) is 0 Å². The molecule has 0 saturated heterocycles. The fourth-order valence-electron chi connectivity index (χ4n) is 2.63. The van der Waals surface area contributed by atoms with Crippen molar-refractivity contribution in [2.75, 3.05) is 17.2 Å². The van der Waals surface area contributed by atoms with Crippen LogP contribution in [-0.2, 0) is 16.0 Å². The first-order valence-electron chi connectivity index (χ1n) is 9.10. The number of hydrogen-bond acceptors (Lipinski definition) is 3. The molecule has 5 nitrogen and oxygen atoms in total. The summed E-state index contributed by atoms with van der Waals surface area (Å²) in [6.45, 7) is -0.0675. The molecule has 0 atom stereocenters. The standard InChI is InChI=1S/C23H22N2O3/c26-22(16-11-18-7-3-1-4-8-18)24-19-12-14-20(15-13-19)25-23(27)17-28-21-9-5-2-6-10-21/h1-10,12-15H,11,16-17H2,(H,24,26)(H,25,27). The Morgan fingerprint density at radius 3 is 1.82 bits per heavy atom. The first kappa shape index (κ1) is 19.2. The van der Waals surface area contributed by atoms with Crippen LogP contribution in [0.25, 0.3) is 0 Å². The Balaban J connectivity index is 1.42. The zero-order chi connectivity index (χ0) is 19.6. The molecule has 3 aromatic carbocycles. The van der Waals surface area contributed by atoms with Crippen molar-refractivity contribution in [3.05, 3.63) is 90.5 Å². The summed E-state index contributed by atoms with van der Waals surface area (Å²) in [4.78, 5) is 24.0. The summed E-state index contributed by atoms with van der Waals surface area (Å²) in [5, 5.41) is 5.63. The van der Waals surface area contributed by atoms with Crippen LogP contribution in [-0.4, -0.2) is 18.4 Å². The summed E-state index contributed by atoms with van der Waals surface area (Å²) in [6.07, 6.45) is 1.11. The molecule has 0 aromatic heterocycles. The van der Waals surface area contributed by atoms with Crippen molar-refractivity contribution in [1.82, 2.24) is 0 Å². The van der Waals surface area contributed by atoms with Gasteiger partial charge in [0.1, 0.15) is 5.75 Å². The minimum absolute atomic E-state index is 0.0445. The van der Waals surface area contributed by atoms with Gasteiger partial charge in [-0.3, -0.25) is 9.59 Å². The van der Waals surface area contributed by atoms with Crippen molar-refractivity contribution in [3.8, 4) is 5.75 Å². The van der Waals surface area contributed by atoms with Crippen molar-refractivity contribution in [3.63, 3.8) is 0 Å². The van der Waals surface area contributed by atoms with Gasteiger partial charge in [0.05, 0.1) is 0 Å². The third-order valence-corrected chi connectivity index (χ3v) is 4.05. The van der Waals surface area contributed by atoms with Crippen LogP contribution < -0.4 is 15.4 Å². The zero-order valence-electron chi connectivity index (χ0n) is 15.4. The minimum atomic E-state index is -0.247. The number of para-hydroxylation sites is 1. The fourth-order valence-corrected chi connectivity index (χ4v) is 2.63. The van der Waals surface area contributed by atoms with Gasteiger partial charge in [-0.1, -0.05) is 48.5 Å². The maximum atomic E-state index is 12.1. The molecule has 0 spiro atoms. The van der Waals surface area contributed by atoms with Gasteiger partial charge in [-0.15, -0.1) is 0 Å². The molecule has 0 aliphatic heterocycles. The van der Waals surface area contributed by atoms with Gasteiger partial charge in [0.25, 0.3) is 5.91 Å². The molecule has 0 fully saturated rings. The van der Waals surface area contributed by atoms with Crippen molar-refractivity contribution < 1.29 is 14.3 Å². The van der Waals surface area contributed by atoms with Crippen molar-refractivity contribution >= 4 is 23.2 Å². The van der Waals surface area contributed by atoms with E-state index < -0.39 is 0 Å². The van der Waals surface area contributed by atoms with E-state index in [0.717, 1.165) is 5.56 Å². The van der Waals surface area contributed by atoms with E-state index in [9.17, 15) is 9.59 Å². The number of rotatable bonds is 8. The summed E-state index contributed by atoms with van der Waals surface area (Å²) in [5.74, 6) is 0.353. The number of aryl methyl sites for hydroxylation is 1. The molecule has 3 aromatic rings. The molecule has 0 heterocycles. The molecule has 0 saturated carbocycles. The van der Waals surface area contributed by atoms with E-state index in [-0.39, 0.29) is 18.4 Å². The predicted molar refractivity (Wildman–Crippen MR) is 110 cm³/mol. The highest BCUT2D eigenvalue weighted by atomic mass is 16.5. The highest BCUT2D eigenvalue weighted by Crippen LogP contribution is 2.15. The smallest absolute Gasteiger partial charge is 0.262 e. The summed E-state index contributed by atoms with van der Waals surface area (Å²) in [5.41, 5.74) is 2.47. The van der Waals surface area contributed by atoms with Crippen LogP contribution in [0.15, 0.2) is 84.9 Å². The molecule has 2 amide bonds. The van der Waals surface area contributed by atoms with Crippen LogP contribution in [0.5, 0.6) is 5.75 Å². The van der Waals surface area contributed by atoms with Crippen molar-refractivity contribution in [2.24, 2.45) is 0 Å². The lowest BCUT2D eigenvalue weighted by molar-refractivity contribution is -0.118. The number of carbonyl (C=O) groups is 2. The van der Waals surface area contributed by atoms with Crippen LogP contribution >= 0.6 is 0 Å². The second kappa shape index (κ2) is 9.92. The lowest BCUT2D eigenvalue weighted by Crippen LogP contribution is -2.20. The second-order valence-corrected chi connectivity index (χ2v) is 6.26. The zero-order valence-corrected chi connectivity index (χ0v) is 15.4. The molecule has 0 radical (unpaired) electrons. The van der Waals surface area contributed by atoms with Crippen molar-refractivity contribution in [2.45, 2.75) is 12.8 Å². The quantitative estimate of drug-likeness (QED) is 0.619. The number of hydrogen-bond donors (Lipinski definition) is 2. The molecule has 142 valence electrons. The average molecular weight is 374 g/mol. The van der Waals surface area contributed by atoms with Gasteiger partial charge < -0.3 is 15.4 Å². The number of carbonyl (C=O) groups excluding carboxylic acids is 2. The molecule has 0 unspecified atom stereocenters. The Morgan fingerprint density at radius 2 is 1.21 bits per heavy atom. The monoisotopic (exact) mass is 374 g/mol. The fraction of sp³-hybridized carbons (Fsp3) is 0.130.